The van der Waals surface area contributed by atoms with Gasteiger partial charge in [0.1, 0.15) is 6.10 Å². The topological polar surface area (TPSA) is 115 Å². The maximum atomic E-state index is 13.2. The van der Waals surface area contributed by atoms with Crippen LogP contribution in [0.25, 0.3) is 0 Å². The van der Waals surface area contributed by atoms with Crippen LogP contribution in [0.3, 0.4) is 0 Å². The molecule has 2 bridgehead atoms. The fraction of sp³-hybridized carbons (Fsp3) is 0.800. The highest BCUT2D eigenvalue weighted by atomic mass is 16.3. The number of carbonyl (C=O) groups excluding carboxylic acids is 2. The van der Waals surface area contributed by atoms with Crippen LogP contribution in [0.15, 0.2) is 12.2 Å². The summed E-state index contributed by atoms with van der Waals surface area (Å²) in [4.78, 5) is 26.4. The number of aliphatic hydroxyl groups excluding tert-OH is 4. The molecule has 9 atom stereocenters. The lowest BCUT2D eigenvalue weighted by atomic mass is 9.39. The van der Waals surface area contributed by atoms with Crippen LogP contribution in [0.5, 0.6) is 0 Å². The molecule has 0 aromatic carbocycles. The Morgan fingerprint density at radius 2 is 1.81 bits per heavy atom. The molecule has 4 saturated carbocycles. The molecule has 0 amide bonds. The summed E-state index contributed by atoms with van der Waals surface area (Å²) in [5.74, 6) is -3.13. The van der Waals surface area contributed by atoms with Crippen molar-refractivity contribution in [1.29, 1.82) is 0 Å². The summed E-state index contributed by atoms with van der Waals surface area (Å²) in [6.45, 7) is 7.55. The maximum absolute atomic E-state index is 13.2. The molecule has 26 heavy (non-hydrogen) atoms. The van der Waals surface area contributed by atoms with Crippen molar-refractivity contribution in [3.8, 4) is 0 Å². The largest absolute Gasteiger partial charge is 0.396 e. The smallest absolute Gasteiger partial charge is 0.170 e. The number of aliphatic hydroxyl groups is 4. The van der Waals surface area contributed by atoms with Crippen LogP contribution in [0.1, 0.15) is 39.5 Å². The molecule has 0 saturated heterocycles. The molecular weight excluding hydrogens is 336 g/mol. The third-order valence-corrected chi connectivity index (χ3v) is 8.44. The van der Waals surface area contributed by atoms with Gasteiger partial charge in [0.2, 0.25) is 0 Å². The van der Waals surface area contributed by atoms with Crippen LogP contribution < -0.4 is 0 Å². The van der Waals surface area contributed by atoms with Gasteiger partial charge < -0.3 is 20.4 Å². The van der Waals surface area contributed by atoms with Crippen molar-refractivity contribution in [2.45, 2.75) is 57.8 Å². The molecule has 4 aliphatic rings. The van der Waals surface area contributed by atoms with Gasteiger partial charge in [0.25, 0.3) is 0 Å². The van der Waals surface area contributed by atoms with Crippen molar-refractivity contribution >= 4 is 11.6 Å². The standard InChI is InChI=1S/C20H28O6/c1-9-12-13(23)14(24)15-19(3)6-4-5-18(2,8-21)10(19)7-11(22)20(15,16(9)25)17(12)26/h10-13,15,17,21-23,26H,1,4-8H2,2-3H3/t10-,11-,12-,13-,15+,17-,18-,19-,20-/m1/s1. The minimum absolute atomic E-state index is 0.0441. The van der Waals surface area contributed by atoms with Crippen molar-refractivity contribution in [2.75, 3.05) is 6.61 Å². The monoisotopic (exact) mass is 364 g/mol. The number of hydrogen-bond acceptors (Lipinski definition) is 6. The summed E-state index contributed by atoms with van der Waals surface area (Å²) < 4.78 is 0. The Labute approximate surface area is 152 Å². The summed E-state index contributed by atoms with van der Waals surface area (Å²) >= 11 is 0. The fourth-order valence-corrected chi connectivity index (χ4v) is 7.24. The second-order valence-corrected chi connectivity index (χ2v) is 9.51. The first-order valence-electron chi connectivity index (χ1n) is 9.49. The Balaban J connectivity index is 1.95. The van der Waals surface area contributed by atoms with E-state index < -0.39 is 58.0 Å². The SMILES string of the molecule is C=C1C(=O)[C@@]23[C@H](O)C[C@@H]4[C@@](C)(CO)CCC[C@@]4(C)[C@@H]2C(=O)[C@H](O)[C@@H]1[C@H]3O. The van der Waals surface area contributed by atoms with Gasteiger partial charge in [-0.1, -0.05) is 26.8 Å². The third-order valence-electron chi connectivity index (χ3n) is 8.44. The van der Waals surface area contributed by atoms with Crippen molar-refractivity contribution in [1.82, 2.24) is 0 Å². The average Bonchev–Trinajstić information content (AvgIpc) is 2.74. The second-order valence-electron chi connectivity index (χ2n) is 9.51. The van der Waals surface area contributed by atoms with E-state index in [1.165, 1.54) is 0 Å². The summed E-state index contributed by atoms with van der Waals surface area (Å²) in [5, 5.41) is 42.7. The van der Waals surface area contributed by atoms with E-state index in [9.17, 15) is 30.0 Å². The minimum Gasteiger partial charge on any atom is -0.396 e. The van der Waals surface area contributed by atoms with E-state index in [1.807, 2.05) is 13.8 Å². The number of Topliss-reactive ketones (excluding diaryl/α,β-unsaturated/α-hetero) is 2. The molecule has 4 fully saturated rings. The number of ketones is 2. The Morgan fingerprint density at radius 1 is 1.15 bits per heavy atom. The zero-order chi connectivity index (χ0) is 19.2. The molecule has 4 N–H and O–H groups in total. The molecule has 6 nitrogen and oxygen atoms in total. The first kappa shape index (κ1) is 18.3. The van der Waals surface area contributed by atoms with Gasteiger partial charge in [0.05, 0.1) is 17.6 Å². The Morgan fingerprint density at radius 3 is 2.42 bits per heavy atom. The lowest BCUT2D eigenvalue weighted by Gasteiger charge is -2.64. The van der Waals surface area contributed by atoms with E-state index in [0.717, 1.165) is 12.8 Å². The van der Waals surface area contributed by atoms with E-state index in [0.29, 0.717) is 6.42 Å². The van der Waals surface area contributed by atoms with Crippen molar-refractivity contribution in [3.63, 3.8) is 0 Å². The van der Waals surface area contributed by atoms with Crippen molar-refractivity contribution in [3.05, 3.63) is 12.2 Å². The fourth-order valence-electron chi connectivity index (χ4n) is 7.24. The van der Waals surface area contributed by atoms with Crippen LogP contribution in [0.4, 0.5) is 0 Å². The van der Waals surface area contributed by atoms with Crippen LogP contribution in [0, 0.1) is 34.0 Å². The highest BCUT2D eigenvalue weighted by molar-refractivity contribution is 6.11. The van der Waals surface area contributed by atoms with Crippen LogP contribution in [0.2, 0.25) is 0 Å². The van der Waals surface area contributed by atoms with Gasteiger partial charge in [-0.25, -0.2) is 0 Å². The molecule has 0 radical (unpaired) electrons. The molecule has 0 aromatic heterocycles. The molecule has 0 aliphatic heterocycles. The molecule has 0 heterocycles. The molecule has 6 heteroatoms. The third kappa shape index (κ3) is 1.72. The van der Waals surface area contributed by atoms with Crippen molar-refractivity contribution in [2.24, 2.45) is 34.0 Å². The summed E-state index contributed by atoms with van der Waals surface area (Å²) in [6.07, 6.45) is -1.53. The quantitative estimate of drug-likeness (QED) is 0.495. The van der Waals surface area contributed by atoms with E-state index in [1.54, 1.807) is 0 Å². The van der Waals surface area contributed by atoms with E-state index in [-0.39, 0.29) is 24.5 Å². The first-order valence-corrected chi connectivity index (χ1v) is 9.49. The Kier molecular flexibility index (Phi) is 3.69. The van der Waals surface area contributed by atoms with Crippen LogP contribution in [-0.4, -0.2) is 56.9 Å². The van der Waals surface area contributed by atoms with E-state index in [2.05, 4.69) is 6.58 Å². The van der Waals surface area contributed by atoms with Gasteiger partial charge in [0, 0.05) is 18.4 Å². The zero-order valence-corrected chi connectivity index (χ0v) is 15.3. The zero-order valence-electron chi connectivity index (χ0n) is 15.3. The van der Waals surface area contributed by atoms with Crippen molar-refractivity contribution < 1.29 is 30.0 Å². The molecular formula is C20H28O6. The summed E-state index contributed by atoms with van der Waals surface area (Å²) in [5.41, 5.74) is -2.72. The normalized spacial score (nSPS) is 56.3. The Hall–Kier alpha value is -1.08. The predicted molar refractivity (Wildman–Crippen MR) is 91.8 cm³/mol. The second kappa shape index (κ2) is 5.25. The highest BCUT2D eigenvalue weighted by Gasteiger charge is 2.78. The first-order chi connectivity index (χ1) is 12.1. The maximum Gasteiger partial charge on any atom is 0.170 e. The van der Waals surface area contributed by atoms with E-state index in [4.69, 9.17) is 0 Å². The Bertz CT molecular complexity index is 702. The van der Waals surface area contributed by atoms with E-state index >= 15 is 0 Å². The molecule has 0 aromatic rings. The lowest BCUT2D eigenvalue weighted by molar-refractivity contribution is -0.233. The lowest BCUT2D eigenvalue weighted by Crippen LogP contribution is -2.71. The number of rotatable bonds is 1. The molecule has 144 valence electrons. The highest BCUT2D eigenvalue weighted by Crippen LogP contribution is 2.70. The van der Waals surface area contributed by atoms with Gasteiger partial charge in [-0.15, -0.1) is 0 Å². The average molecular weight is 364 g/mol. The summed E-state index contributed by atoms with van der Waals surface area (Å²) in [6, 6.07) is 0. The molecule has 4 rings (SSSR count). The number of carbonyl (C=O) groups is 2. The van der Waals surface area contributed by atoms with Gasteiger partial charge in [0.15, 0.2) is 11.6 Å². The molecule has 0 unspecified atom stereocenters. The van der Waals surface area contributed by atoms with Gasteiger partial charge >= 0.3 is 0 Å². The predicted octanol–water partition coefficient (Wildman–Crippen LogP) is 0.218. The minimum atomic E-state index is -1.61. The number of fused-ring (bicyclic) bond motifs is 3. The molecule has 4 aliphatic carbocycles. The molecule has 1 spiro atoms. The van der Waals surface area contributed by atoms with Crippen LogP contribution >= 0.6 is 0 Å². The van der Waals surface area contributed by atoms with Gasteiger partial charge in [-0.05, 0) is 41.6 Å². The van der Waals surface area contributed by atoms with Crippen LogP contribution in [-0.2, 0) is 9.59 Å². The number of hydrogen-bond donors (Lipinski definition) is 4. The summed E-state index contributed by atoms with van der Waals surface area (Å²) in [7, 11) is 0. The van der Waals surface area contributed by atoms with Gasteiger partial charge in [-0.3, -0.25) is 9.59 Å². The van der Waals surface area contributed by atoms with Gasteiger partial charge in [-0.2, -0.15) is 0 Å².